The van der Waals surface area contributed by atoms with Gasteiger partial charge >= 0.3 is 0 Å². The lowest BCUT2D eigenvalue weighted by Gasteiger charge is -2.23. The molecule has 0 aliphatic carbocycles. The van der Waals surface area contributed by atoms with E-state index in [1.165, 1.54) is 51.4 Å². The van der Waals surface area contributed by atoms with Gasteiger partial charge in [-0.25, -0.2) is 0 Å². The topological polar surface area (TPSA) is 0 Å². The van der Waals surface area contributed by atoms with Crippen molar-refractivity contribution >= 4 is 0 Å². The van der Waals surface area contributed by atoms with Gasteiger partial charge in [0.05, 0.1) is 0 Å². The first-order valence-corrected chi connectivity index (χ1v) is 6.87. The zero-order chi connectivity index (χ0) is 11.5. The van der Waals surface area contributed by atoms with E-state index in [1.807, 2.05) is 0 Å². The monoisotopic (exact) mass is 210 g/mol. The predicted octanol–water partition coefficient (Wildman–Crippen LogP) is 5.59. The largest absolute Gasteiger partial charge is 0.103 e. The number of hydrogen-bond acceptors (Lipinski definition) is 0. The van der Waals surface area contributed by atoms with Gasteiger partial charge in [-0.2, -0.15) is 0 Å². The van der Waals surface area contributed by atoms with Crippen molar-refractivity contribution in [2.45, 2.75) is 72.1 Å². The van der Waals surface area contributed by atoms with Gasteiger partial charge in [0.1, 0.15) is 0 Å². The van der Waals surface area contributed by atoms with Crippen LogP contribution in [0.15, 0.2) is 12.7 Å². The average molecular weight is 210 g/mol. The molecule has 0 heterocycles. The molecule has 0 aromatic rings. The van der Waals surface area contributed by atoms with E-state index in [9.17, 15) is 0 Å². The Hall–Kier alpha value is -0.260. The molecule has 0 aliphatic heterocycles. The summed E-state index contributed by atoms with van der Waals surface area (Å²) in [7, 11) is 0. The van der Waals surface area contributed by atoms with Crippen LogP contribution >= 0.6 is 0 Å². The maximum Gasteiger partial charge on any atom is -0.0351 e. The molecule has 0 saturated heterocycles. The molecular formula is C15H30. The molecule has 0 heteroatoms. The van der Waals surface area contributed by atoms with E-state index in [0.29, 0.717) is 0 Å². The molecule has 0 radical (unpaired) electrons. The second kappa shape index (κ2) is 10.3. The predicted molar refractivity (Wildman–Crippen MR) is 71.1 cm³/mol. The third-order valence-electron chi connectivity index (χ3n) is 3.49. The molecule has 0 unspecified atom stereocenters. The van der Waals surface area contributed by atoms with Gasteiger partial charge in [-0.1, -0.05) is 65.4 Å². The van der Waals surface area contributed by atoms with Crippen LogP contribution in [-0.2, 0) is 0 Å². The minimum Gasteiger partial charge on any atom is -0.103 e. The highest BCUT2D eigenvalue weighted by atomic mass is 14.2. The molecule has 0 rings (SSSR count). The summed E-state index contributed by atoms with van der Waals surface area (Å²) in [6.07, 6.45) is 13.0. The molecule has 0 spiro atoms. The van der Waals surface area contributed by atoms with E-state index in [0.717, 1.165) is 11.8 Å². The fraction of sp³-hybridized carbons (Fsp3) is 0.867. The molecular weight excluding hydrogens is 180 g/mol. The van der Waals surface area contributed by atoms with Crippen LogP contribution in [-0.4, -0.2) is 0 Å². The van der Waals surface area contributed by atoms with Crippen LogP contribution in [0.25, 0.3) is 0 Å². The van der Waals surface area contributed by atoms with Crippen molar-refractivity contribution in [2.75, 3.05) is 0 Å². The van der Waals surface area contributed by atoms with Crippen LogP contribution in [0.2, 0.25) is 0 Å². The molecule has 0 saturated carbocycles. The van der Waals surface area contributed by atoms with E-state index < -0.39 is 0 Å². The molecule has 0 bridgehead atoms. The molecule has 0 aromatic carbocycles. The average Bonchev–Trinajstić information content (AvgIpc) is 2.26. The quantitative estimate of drug-likeness (QED) is 0.413. The van der Waals surface area contributed by atoms with Crippen molar-refractivity contribution in [3.8, 4) is 0 Å². The molecule has 0 aliphatic rings. The molecule has 0 fully saturated rings. The van der Waals surface area contributed by atoms with Gasteiger partial charge in [0.15, 0.2) is 0 Å². The van der Waals surface area contributed by atoms with Gasteiger partial charge in [-0.15, -0.1) is 6.58 Å². The molecule has 0 aromatic heterocycles. The Bertz CT molecular complexity index is 137. The SMILES string of the molecule is C=CCC[C@@H](CCCC)[C@@H](C)CCCC. The highest BCUT2D eigenvalue weighted by molar-refractivity contribution is 4.73. The first-order chi connectivity index (χ1) is 7.26. The summed E-state index contributed by atoms with van der Waals surface area (Å²) in [5.41, 5.74) is 0. The van der Waals surface area contributed by atoms with E-state index in [1.54, 1.807) is 0 Å². The highest BCUT2D eigenvalue weighted by Gasteiger charge is 2.15. The maximum atomic E-state index is 3.83. The summed E-state index contributed by atoms with van der Waals surface area (Å²) < 4.78 is 0. The summed E-state index contributed by atoms with van der Waals surface area (Å²) in [5.74, 6) is 1.85. The number of unbranched alkanes of at least 4 members (excludes halogenated alkanes) is 2. The molecule has 0 nitrogen and oxygen atoms in total. The van der Waals surface area contributed by atoms with Gasteiger partial charge in [0, 0.05) is 0 Å². The lowest BCUT2D eigenvalue weighted by molar-refractivity contribution is 0.288. The van der Waals surface area contributed by atoms with E-state index in [2.05, 4.69) is 33.4 Å². The zero-order valence-electron chi connectivity index (χ0n) is 11.1. The Morgan fingerprint density at radius 2 is 1.60 bits per heavy atom. The minimum absolute atomic E-state index is 0.913. The summed E-state index contributed by atoms with van der Waals surface area (Å²) in [6.45, 7) is 10.9. The lowest BCUT2D eigenvalue weighted by atomic mass is 9.83. The van der Waals surface area contributed by atoms with Crippen molar-refractivity contribution in [3.63, 3.8) is 0 Å². The van der Waals surface area contributed by atoms with Gasteiger partial charge in [0.2, 0.25) is 0 Å². The molecule has 90 valence electrons. The van der Waals surface area contributed by atoms with Crippen molar-refractivity contribution in [1.82, 2.24) is 0 Å². The Kier molecular flexibility index (Phi) is 10.1. The Balaban J connectivity index is 3.89. The van der Waals surface area contributed by atoms with Crippen molar-refractivity contribution in [3.05, 3.63) is 12.7 Å². The Morgan fingerprint density at radius 1 is 1.00 bits per heavy atom. The van der Waals surface area contributed by atoms with Crippen LogP contribution in [0.5, 0.6) is 0 Å². The van der Waals surface area contributed by atoms with Gasteiger partial charge < -0.3 is 0 Å². The fourth-order valence-electron chi connectivity index (χ4n) is 2.27. The summed E-state index contributed by atoms with van der Waals surface area (Å²) in [6, 6.07) is 0. The highest BCUT2D eigenvalue weighted by Crippen LogP contribution is 2.27. The van der Waals surface area contributed by atoms with E-state index >= 15 is 0 Å². The zero-order valence-corrected chi connectivity index (χ0v) is 11.1. The first-order valence-electron chi connectivity index (χ1n) is 6.87. The van der Waals surface area contributed by atoms with Crippen molar-refractivity contribution < 1.29 is 0 Å². The van der Waals surface area contributed by atoms with E-state index in [-0.39, 0.29) is 0 Å². The second-order valence-electron chi connectivity index (χ2n) is 4.89. The summed E-state index contributed by atoms with van der Waals surface area (Å²) in [5, 5.41) is 0. The smallest absolute Gasteiger partial charge is 0.0351 e. The first kappa shape index (κ1) is 14.7. The van der Waals surface area contributed by atoms with Crippen molar-refractivity contribution in [1.29, 1.82) is 0 Å². The van der Waals surface area contributed by atoms with Crippen LogP contribution in [0, 0.1) is 11.8 Å². The number of rotatable bonds is 10. The third-order valence-corrected chi connectivity index (χ3v) is 3.49. The maximum absolute atomic E-state index is 3.83. The second-order valence-corrected chi connectivity index (χ2v) is 4.89. The number of allylic oxidation sites excluding steroid dienone is 1. The number of hydrogen-bond donors (Lipinski definition) is 0. The van der Waals surface area contributed by atoms with Gasteiger partial charge in [-0.3, -0.25) is 0 Å². The summed E-state index contributed by atoms with van der Waals surface area (Å²) >= 11 is 0. The van der Waals surface area contributed by atoms with Crippen LogP contribution in [0.1, 0.15) is 72.1 Å². The molecule has 0 N–H and O–H groups in total. The summed E-state index contributed by atoms with van der Waals surface area (Å²) in [4.78, 5) is 0. The van der Waals surface area contributed by atoms with E-state index in [4.69, 9.17) is 0 Å². The molecule has 0 amide bonds. The van der Waals surface area contributed by atoms with Crippen LogP contribution < -0.4 is 0 Å². The molecule has 2 atom stereocenters. The Morgan fingerprint density at radius 3 is 2.13 bits per heavy atom. The normalized spacial score (nSPS) is 14.9. The van der Waals surface area contributed by atoms with Crippen molar-refractivity contribution in [2.24, 2.45) is 11.8 Å². The minimum atomic E-state index is 0.913. The standard InChI is InChI=1S/C15H30/c1-5-8-11-14(4)15(12-9-6-2)13-10-7-3/h6,14-15H,2,5,7-13H2,1,3-4H3/t14-,15-/m0/s1. The molecule has 15 heavy (non-hydrogen) atoms. The fourth-order valence-corrected chi connectivity index (χ4v) is 2.27. The van der Waals surface area contributed by atoms with Gasteiger partial charge in [-0.05, 0) is 24.7 Å². The lowest BCUT2D eigenvalue weighted by Crippen LogP contribution is -2.11. The van der Waals surface area contributed by atoms with Crippen LogP contribution in [0.3, 0.4) is 0 Å². The Labute approximate surface area is 97.2 Å². The van der Waals surface area contributed by atoms with Crippen LogP contribution in [0.4, 0.5) is 0 Å². The third kappa shape index (κ3) is 7.64. The van der Waals surface area contributed by atoms with Gasteiger partial charge in [0.25, 0.3) is 0 Å².